The van der Waals surface area contributed by atoms with Crippen LogP contribution in [0, 0.1) is 5.92 Å². The van der Waals surface area contributed by atoms with E-state index in [-0.39, 0.29) is 36.1 Å². The smallest absolute Gasteiger partial charge is 0.261 e. The molecular formula is C25H25N3O4. The number of benzene rings is 2. The maximum absolute atomic E-state index is 12.9. The van der Waals surface area contributed by atoms with Crippen LogP contribution in [0.3, 0.4) is 0 Å². The normalized spacial score (nSPS) is 18.6. The summed E-state index contributed by atoms with van der Waals surface area (Å²) in [6, 6.07) is 14.2. The number of amides is 4. The molecule has 3 aliphatic rings. The van der Waals surface area contributed by atoms with E-state index in [1.165, 1.54) is 4.90 Å². The fourth-order valence-corrected chi connectivity index (χ4v) is 4.39. The Morgan fingerprint density at radius 3 is 2.00 bits per heavy atom. The molecule has 0 unspecified atom stereocenters. The molecule has 1 aliphatic carbocycles. The fourth-order valence-electron chi connectivity index (χ4n) is 4.39. The van der Waals surface area contributed by atoms with Gasteiger partial charge in [0.15, 0.2) is 0 Å². The summed E-state index contributed by atoms with van der Waals surface area (Å²) in [6.07, 6.45) is 3.52. The second-order valence-electron chi connectivity index (χ2n) is 8.79. The lowest BCUT2D eigenvalue weighted by Crippen LogP contribution is -2.43. The molecule has 164 valence electrons. The molecule has 7 nitrogen and oxygen atoms in total. The lowest BCUT2D eigenvalue weighted by Gasteiger charge is -2.31. The molecule has 7 heteroatoms. The van der Waals surface area contributed by atoms with Crippen molar-refractivity contribution >= 4 is 23.6 Å². The third-order valence-electron chi connectivity index (χ3n) is 6.50. The Labute approximate surface area is 186 Å². The zero-order chi connectivity index (χ0) is 22.2. The molecule has 2 heterocycles. The first-order valence-electron chi connectivity index (χ1n) is 11.1. The van der Waals surface area contributed by atoms with E-state index in [0.29, 0.717) is 48.7 Å². The van der Waals surface area contributed by atoms with Crippen LogP contribution < -0.4 is 5.32 Å². The predicted molar refractivity (Wildman–Crippen MR) is 117 cm³/mol. The number of carbonyl (C=O) groups is 4. The zero-order valence-corrected chi connectivity index (χ0v) is 17.8. The number of piperidine rings is 1. The monoisotopic (exact) mass is 431 g/mol. The Kier molecular flexibility index (Phi) is 5.25. The Morgan fingerprint density at radius 2 is 1.44 bits per heavy atom. The van der Waals surface area contributed by atoms with Crippen molar-refractivity contribution in [2.24, 2.45) is 5.92 Å². The maximum atomic E-state index is 12.9. The molecule has 1 saturated carbocycles. The minimum Gasteiger partial charge on any atom is -0.353 e. The summed E-state index contributed by atoms with van der Waals surface area (Å²) in [5.41, 5.74) is 2.21. The Hall–Kier alpha value is -3.48. The van der Waals surface area contributed by atoms with Crippen LogP contribution >= 0.6 is 0 Å². The summed E-state index contributed by atoms with van der Waals surface area (Å²) >= 11 is 0. The molecule has 5 rings (SSSR count). The number of likely N-dealkylation sites (tertiary alicyclic amines) is 1. The SMILES string of the molecule is O=C(NC1CC1)C1CCN(C(=O)c2ccc(CN3C(=O)c4ccccc4C3=O)cc2)CC1. The van der Waals surface area contributed by atoms with E-state index in [2.05, 4.69) is 5.32 Å². The van der Waals surface area contributed by atoms with Gasteiger partial charge in [0.1, 0.15) is 0 Å². The minimum atomic E-state index is -0.292. The van der Waals surface area contributed by atoms with Gasteiger partial charge in [-0.1, -0.05) is 24.3 Å². The molecule has 32 heavy (non-hydrogen) atoms. The van der Waals surface area contributed by atoms with Gasteiger partial charge in [-0.2, -0.15) is 0 Å². The minimum absolute atomic E-state index is 0.0123. The van der Waals surface area contributed by atoms with Crippen molar-refractivity contribution in [1.29, 1.82) is 0 Å². The predicted octanol–water partition coefficient (Wildman–Crippen LogP) is 2.61. The van der Waals surface area contributed by atoms with Crippen LogP contribution in [0.5, 0.6) is 0 Å². The van der Waals surface area contributed by atoms with E-state index in [1.54, 1.807) is 53.4 Å². The van der Waals surface area contributed by atoms with Gasteiger partial charge in [0.2, 0.25) is 5.91 Å². The molecule has 0 spiro atoms. The van der Waals surface area contributed by atoms with E-state index in [9.17, 15) is 19.2 Å². The van der Waals surface area contributed by atoms with Crippen LogP contribution in [-0.2, 0) is 11.3 Å². The first-order valence-corrected chi connectivity index (χ1v) is 11.1. The van der Waals surface area contributed by atoms with E-state index in [0.717, 1.165) is 18.4 Å². The van der Waals surface area contributed by atoms with E-state index < -0.39 is 0 Å². The molecule has 0 atom stereocenters. The summed E-state index contributed by atoms with van der Waals surface area (Å²) in [5, 5.41) is 3.05. The van der Waals surface area contributed by atoms with Gasteiger partial charge < -0.3 is 10.2 Å². The Bertz CT molecular complexity index is 1050. The molecule has 0 aromatic heterocycles. The lowest BCUT2D eigenvalue weighted by atomic mass is 9.95. The number of carbonyl (C=O) groups excluding carboxylic acids is 4. The van der Waals surface area contributed by atoms with Gasteiger partial charge in [0.05, 0.1) is 17.7 Å². The van der Waals surface area contributed by atoms with Gasteiger partial charge in [0.25, 0.3) is 17.7 Å². The highest BCUT2D eigenvalue weighted by atomic mass is 16.2. The van der Waals surface area contributed by atoms with Crippen molar-refractivity contribution < 1.29 is 19.2 Å². The number of nitrogens with zero attached hydrogens (tertiary/aromatic N) is 2. The average molecular weight is 431 g/mol. The van der Waals surface area contributed by atoms with Crippen LogP contribution in [0.15, 0.2) is 48.5 Å². The third kappa shape index (κ3) is 3.90. The highest BCUT2D eigenvalue weighted by Gasteiger charge is 2.35. The maximum Gasteiger partial charge on any atom is 0.261 e. The lowest BCUT2D eigenvalue weighted by molar-refractivity contribution is -0.126. The summed E-state index contributed by atoms with van der Waals surface area (Å²) in [7, 11) is 0. The number of fused-ring (bicyclic) bond motifs is 1. The molecule has 2 aromatic rings. The van der Waals surface area contributed by atoms with E-state index in [4.69, 9.17) is 0 Å². The number of hydrogen-bond donors (Lipinski definition) is 1. The molecule has 0 radical (unpaired) electrons. The molecular weight excluding hydrogens is 406 g/mol. The molecule has 2 aliphatic heterocycles. The van der Waals surface area contributed by atoms with Gasteiger partial charge in [-0.25, -0.2) is 0 Å². The quantitative estimate of drug-likeness (QED) is 0.738. The molecule has 4 amide bonds. The van der Waals surface area contributed by atoms with E-state index in [1.807, 2.05) is 0 Å². The first-order chi connectivity index (χ1) is 15.5. The molecule has 2 aromatic carbocycles. The van der Waals surface area contributed by atoms with Gasteiger partial charge in [-0.05, 0) is 55.5 Å². The van der Waals surface area contributed by atoms with Crippen molar-refractivity contribution in [3.05, 3.63) is 70.8 Å². The van der Waals surface area contributed by atoms with Crippen molar-refractivity contribution in [2.45, 2.75) is 38.3 Å². The number of hydrogen-bond acceptors (Lipinski definition) is 4. The highest BCUT2D eigenvalue weighted by Crippen LogP contribution is 2.25. The Morgan fingerprint density at radius 1 is 0.844 bits per heavy atom. The average Bonchev–Trinajstić information content (AvgIpc) is 3.62. The summed E-state index contributed by atoms with van der Waals surface area (Å²) in [5.74, 6) is -0.532. The summed E-state index contributed by atoms with van der Waals surface area (Å²) < 4.78 is 0. The van der Waals surface area contributed by atoms with Crippen molar-refractivity contribution in [3.63, 3.8) is 0 Å². The molecule has 1 N–H and O–H groups in total. The van der Waals surface area contributed by atoms with Crippen molar-refractivity contribution in [3.8, 4) is 0 Å². The molecule has 1 saturated heterocycles. The van der Waals surface area contributed by atoms with Crippen molar-refractivity contribution in [1.82, 2.24) is 15.1 Å². The third-order valence-corrected chi connectivity index (χ3v) is 6.50. The fraction of sp³-hybridized carbons (Fsp3) is 0.360. The van der Waals surface area contributed by atoms with Crippen LogP contribution in [0.25, 0.3) is 0 Å². The topological polar surface area (TPSA) is 86.8 Å². The first kappa shape index (κ1) is 20.4. The molecule has 2 fully saturated rings. The number of nitrogens with one attached hydrogen (secondary N) is 1. The number of imide groups is 1. The van der Waals surface area contributed by atoms with Gasteiger partial charge >= 0.3 is 0 Å². The zero-order valence-electron chi connectivity index (χ0n) is 17.8. The standard InChI is InChI=1S/C25H25N3O4/c29-22(26-19-9-10-19)17-11-13-27(14-12-17)23(30)18-7-5-16(6-8-18)15-28-24(31)20-3-1-2-4-21(20)25(28)32/h1-8,17,19H,9-15H2,(H,26,29). The second-order valence-corrected chi connectivity index (χ2v) is 8.79. The van der Waals surface area contributed by atoms with E-state index >= 15 is 0 Å². The van der Waals surface area contributed by atoms with Crippen LogP contribution in [0.1, 0.15) is 62.3 Å². The summed E-state index contributed by atoms with van der Waals surface area (Å²) in [4.78, 5) is 53.2. The van der Waals surface area contributed by atoms with Crippen molar-refractivity contribution in [2.75, 3.05) is 13.1 Å². The summed E-state index contributed by atoms with van der Waals surface area (Å²) in [6.45, 7) is 1.30. The van der Waals surface area contributed by atoms with Gasteiger partial charge in [0, 0.05) is 30.6 Å². The van der Waals surface area contributed by atoms with Crippen LogP contribution in [0.2, 0.25) is 0 Å². The van der Waals surface area contributed by atoms with Crippen LogP contribution in [-0.4, -0.2) is 52.6 Å². The Balaban J connectivity index is 1.18. The highest BCUT2D eigenvalue weighted by molar-refractivity contribution is 6.21. The largest absolute Gasteiger partial charge is 0.353 e. The van der Waals surface area contributed by atoms with Gasteiger partial charge in [-0.3, -0.25) is 24.1 Å². The molecule has 0 bridgehead atoms. The number of rotatable bonds is 5. The van der Waals surface area contributed by atoms with Crippen LogP contribution in [0.4, 0.5) is 0 Å². The van der Waals surface area contributed by atoms with Gasteiger partial charge in [-0.15, -0.1) is 0 Å². The second kappa shape index (κ2) is 8.22.